The third-order valence-electron chi connectivity index (χ3n) is 2.98. The summed E-state index contributed by atoms with van der Waals surface area (Å²) in [5, 5.41) is 9.57. The van der Waals surface area contributed by atoms with Crippen LogP contribution in [0.5, 0.6) is 0 Å². The normalized spacial score (nSPS) is 11.6. The van der Waals surface area contributed by atoms with Gasteiger partial charge in [-0.3, -0.25) is 4.79 Å². The van der Waals surface area contributed by atoms with Gasteiger partial charge in [-0.25, -0.2) is 0 Å². The highest BCUT2D eigenvalue weighted by Gasteiger charge is 2.25. The number of halogens is 1. The van der Waals surface area contributed by atoms with E-state index in [1.54, 1.807) is 0 Å². The largest absolute Gasteiger partial charge is 0.481 e. The molecule has 0 aliphatic heterocycles. The lowest BCUT2D eigenvalue weighted by molar-refractivity contribution is -0.138. The summed E-state index contributed by atoms with van der Waals surface area (Å²) >= 11 is 6.11. The van der Waals surface area contributed by atoms with Crippen LogP contribution in [0.1, 0.15) is 37.0 Å². The van der Waals surface area contributed by atoms with Crippen molar-refractivity contribution >= 4 is 17.6 Å². The number of carboxylic acid groups (broad SMARTS) is 1. The molecule has 3 heteroatoms. The van der Waals surface area contributed by atoms with Gasteiger partial charge in [0.25, 0.3) is 0 Å². The molecule has 0 aromatic heterocycles. The van der Waals surface area contributed by atoms with E-state index in [2.05, 4.69) is 0 Å². The highest BCUT2D eigenvalue weighted by molar-refractivity contribution is 6.31. The van der Waals surface area contributed by atoms with Crippen molar-refractivity contribution in [1.29, 1.82) is 0 Å². The van der Waals surface area contributed by atoms with Crippen LogP contribution in [0.15, 0.2) is 12.1 Å². The molecule has 0 atom stereocenters. The molecule has 0 unspecified atom stereocenters. The van der Waals surface area contributed by atoms with Crippen LogP contribution >= 0.6 is 11.6 Å². The van der Waals surface area contributed by atoms with Gasteiger partial charge >= 0.3 is 5.97 Å². The van der Waals surface area contributed by atoms with Crippen molar-refractivity contribution in [2.75, 3.05) is 0 Å². The predicted octanol–water partition coefficient (Wildman–Crippen LogP) is 3.71. The zero-order valence-corrected chi connectivity index (χ0v) is 10.9. The third-order valence-corrected chi connectivity index (χ3v) is 3.37. The average Bonchev–Trinajstić information content (AvgIpc) is 2.11. The SMILES string of the molecule is Cc1cc(C(C)(C)CC(=O)O)cc(Cl)c1C. The Morgan fingerprint density at radius 3 is 2.38 bits per heavy atom. The molecule has 16 heavy (non-hydrogen) atoms. The van der Waals surface area contributed by atoms with Gasteiger partial charge in [0, 0.05) is 10.4 Å². The van der Waals surface area contributed by atoms with Gasteiger partial charge in [-0.05, 0) is 36.6 Å². The number of hydrogen-bond donors (Lipinski definition) is 1. The van der Waals surface area contributed by atoms with E-state index in [1.165, 1.54) is 0 Å². The zero-order chi connectivity index (χ0) is 12.5. The summed E-state index contributed by atoms with van der Waals surface area (Å²) in [6, 6.07) is 3.89. The summed E-state index contributed by atoms with van der Waals surface area (Å²) in [7, 11) is 0. The summed E-state index contributed by atoms with van der Waals surface area (Å²) in [5.41, 5.74) is 2.73. The van der Waals surface area contributed by atoms with Gasteiger partial charge in [0.15, 0.2) is 0 Å². The molecule has 0 amide bonds. The maximum Gasteiger partial charge on any atom is 0.304 e. The highest BCUT2D eigenvalue weighted by atomic mass is 35.5. The second kappa shape index (κ2) is 4.46. The fraction of sp³-hybridized carbons (Fsp3) is 0.462. The summed E-state index contributed by atoms with van der Waals surface area (Å²) in [4.78, 5) is 10.8. The van der Waals surface area contributed by atoms with E-state index in [4.69, 9.17) is 16.7 Å². The van der Waals surface area contributed by atoms with Crippen LogP contribution in [0.3, 0.4) is 0 Å². The molecule has 0 saturated heterocycles. The molecular formula is C13H17ClO2. The molecule has 0 aliphatic rings. The Labute approximate surface area is 101 Å². The maximum absolute atomic E-state index is 10.8. The van der Waals surface area contributed by atoms with E-state index in [0.29, 0.717) is 5.02 Å². The van der Waals surface area contributed by atoms with E-state index >= 15 is 0 Å². The van der Waals surface area contributed by atoms with Crippen molar-refractivity contribution in [3.05, 3.63) is 33.8 Å². The van der Waals surface area contributed by atoms with Crippen LogP contribution in [-0.2, 0) is 10.2 Å². The first-order valence-electron chi connectivity index (χ1n) is 5.23. The van der Waals surface area contributed by atoms with E-state index in [1.807, 2.05) is 39.8 Å². The lowest BCUT2D eigenvalue weighted by Gasteiger charge is -2.24. The lowest BCUT2D eigenvalue weighted by atomic mass is 9.80. The molecule has 1 aromatic rings. The van der Waals surface area contributed by atoms with Crippen LogP contribution in [0.4, 0.5) is 0 Å². The smallest absolute Gasteiger partial charge is 0.304 e. The van der Waals surface area contributed by atoms with E-state index in [0.717, 1.165) is 16.7 Å². The molecule has 0 saturated carbocycles. The Balaban J connectivity index is 3.18. The monoisotopic (exact) mass is 240 g/mol. The van der Waals surface area contributed by atoms with Crippen LogP contribution < -0.4 is 0 Å². The second-order valence-electron chi connectivity index (χ2n) is 4.85. The molecule has 0 spiro atoms. The lowest BCUT2D eigenvalue weighted by Crippen LogP contribution is -2.21. The number of rotatable bonds is 3. The number of aryl methyl sites for hydroxylation is 1. The number of carbonyl (C=O) groups is 1. The van der Waals surface area contributed by atoms with E-state index in [9.17, 15) is 4.79 Å². The van der Waals surface area contributed by atoms with Crippen molar-refractivity contribution in [1.82, 2.24) is 0 Å². The molecule has 1 rings (SSSR count). The van der Waals surface area contributed by atoms with Gasteiger partial charge < -0.3 is 5.11 Å². The molecule has 2 nitrogen and oxygen atoms in total. The number of aliphatic carboxylic acids is 1. The first-order chi connectivity index (χ1) is 7.24. The second-order valence-corrected chi connectivity index (χ2v) is 5.26. The topological polar surface area (TPSA) is 37.3 Å². The predicted molar refractivity (Wildman–Crippen MR) is 66.2 cm³/mol. The van der Waals surface area contributed by atoms with Crippen molar-refractivity contribution in [3.63, 3.8) is 0 Å². The summed E-state index contributed by atoms with van der Waals surface area (Å²) in [5.74, 6) is -0.792. The minimum absolute atomic E-state index is 0.103. The summed E-state index contributed by atoms with van der Waals surface area (Å²) in [6.45, 7) is 7.79. The van der Waals surface area contributed by atoms with Crippen LogP contribution in [-0.4, -0.2) is 11.1 Å². The standard InChI is InChI=1S/C13H17ClO2/c1-8-5-10(6-11(14)9(8)2)13(3,4)7-12(15)16/h5-6H,7H2,1-4H3,(H,15,16). The van der Waals surface area contributed by atoms with Gasteiger partial charge in [0.2, 0.25) is 0 Å². The molecule has 0 fully saturated rings. The van der Waals surface area contributed by atoms with Gasteiger partial charge in [-0.15, -0.1) is 0 Å². The van der Waals surface area contributed by atoms with Crippen molar-refractivity contribution < 1.29 is 9.90 Å². The first-order valence-corrected chi connectivity index (χ1v) is 5.61. The summed E-state index contributed by atoms with van der Waals surface area (Å²) < 4.78 is 0. The van der Waals surface area contributed by atoms with Crippen molar-refractivity contribution in [2.24, 2.45) is 0 Å². The Bertz CT molecular complexity index is 399. The Morgan fingerprint density at radius 1 is 1.38 bits per heavy atom. The van der Waals surface area contributed by atoms with E-state index in [-0.39, 0.29) is 6.42 Å². The molecule has 1 aromatic carbocycles. The molecule has 0 bridgehead atoms. The summed E-state index contributed by atoms with van der Waals surface area (Å²) in [6.07, 6.45) is 0.103. The Kier molecular flexibility index (Phi) is 3.64. The molecule has 88 valence electrons. The first kappa shape index (κ1) is 13.0. The van der Waals surface area contributed by atoms with Gasteiger partial charge in [-0.2, -0.15) is 0 Å². The Hall–Kier alpha value is -1.02. The molecule has 0 radical (unpaired) electrons. The fourth-order valence-corrected chi connectivity index (χ4v) is 1.95. The Morgan fingerprint density at radius 2 is 1.94 bits per heavy atom. The van der Waals surface area contributed by atoms with Crippen LogP contribution in [0.2, 0.25) is 5.02 Å². The zero-order valence-electron chi connectivity index (χ0n) is 10.1. The van der Waals surface area contributed by atoms with Gasteiger partial charge in [0.1, 0.15) is 0 Å². The minimum Gasteiger partial charge on any atom is -0.481 e. The van der Waals surface area contributed by atoms with Gasteiger partial charge in [-0.1, -0.05) is 31.5 Å². The third kappa shape index (κ3) is 2.76. The highest BCUT2D eigenvalue weighted by Crippen LogP contribution is 2.31. The van der Waals surface area contributed by atoms with Crippen LogP contribution in [0.25, 0.3) is 0 Å². The van der Waals surface area contributed by atoms with E-state index < -0.39 is 11.4 Å². The molecule has 0 aliphatic carbocycles. The average molecular weight is 241 g/mol. The maximum atomic E-state index is 10.8. The van der Waals surface area contributed by atoms with Gasteiger partial charge in [0.05, 0.1) is 6.42 Å². The quantitative estimate of drug-likeness (QED) is 0.875. The number of carboxylic acids is 1. The number of hydrogen-bond acceptors (Lipinski definition) is 1. The van der Waals surface area contributed by atoms with Crippen molar-refractivity contribution in [2.45, 2.75) is 39.5 Å². The van der Waals surface area contributed by atoms with Crippen molar-refractivity contribution in [3.8, 4) is 0 Å². The molecular weight excluding hydrogens is 224 g/mol. The fourth-order valence-electron chi connectivity index (χ4n) is 1.69. The number of benzene rings is 1. The minimum atomic E-state index is -0.792. The molecule has 1 N–H and O–H groups in total. The van der Waals surface area contributed by atoms with Crippen LogP contribution in [0, 0.1) is 13.8 Å². The molecule has 0 heterocycles.